The summed E-state index contributed by atoms with van der Waals surface area (Å²) in [5.41, 5.74) is 0. The number of esters is 1. The van der Waals surface area contributed by atoms with Crippen molar-refractivity contribution in [1.29, 1.82) is 0 Å². The second-order valence-corrected chi connectivity index (χ2v) is 18.0. The van der Waals surface area contributed by atoms with Gasteiger partial charge in [-0.3, -0.25) is 4.79 Å². The van der Waals surface area contributed by atoms with E-state index in [9.17, 15) is 40.5 Å². The highest BCUT2D eigenvalue weighted by Gasteiger charge is 2.47. The van der Waals surface area contributed by atoms with Crippen molar-refractivity contribution in [2.75, 3.05) is 33.0 Å². The number of rotatable bonds is 40. The summed E-state index contributed by atoms with van der Waals surface area (Å²) in [6.45, 7) is 3.65. The highest BCUT2D eigenvalue weighted by Crippen LogP contribution is 2.26. The van der Waals surface area contributed by atoms with Crippen LogP contribution >= 0.6 is 0 Å². The summed E-state index contributed by atoms with van der Waals surface area (Å²) >= 11 is 0. The molecule has 0 aromatic rings. The van der Waals surface area contributed by atoms with Crippen LogP contribution in [0.1, 0.15) is 187 Å². The quantitative estimate of drug-likeness (QED) is 0.0184. The van der Waals surface area contributed by atoms with Crippen molar-refractivity contribution in [2.24, 2.45) is 0 Å². The molecule has 2 saturated heterocycles. The minimum absolute atomic E-state index is 0.0579. The molecule has 0 radical (unpaired) electrons. The van der Waals surface area contributed by atoms with E-state index in [0.29, 0.717) is 13.0 Å². The summed E-state index contributed by atoms with van der Waals surface area (Å²) in [7, 11) is 0. The number of hydrogen-bond acceptors (Lipinski definition) is 14. The second-order valence-electron chi connectivity index (χ2n) is 18.0. The third kappa shape index (κ3) is 26.1. The number of allylic oxidation sites excluding steroid dienone is 4. The van der Waals surface area contributed by atoms with Crippen LogP contribution < -0.4 is 0 Å². The Morgan fingerprint density at radius 1 is 0.516 bits per heavy atom. The summed E-state index contributed by atoms with van der Waals surface area (Å²) in [6.07, 6.45) is 23.8. The normalized spacial score (nSPS) is 26.9. The number of carbonyl (C=O) groups is 1. The van der Waals surface area contributed by atoms with E-state index < -0.39 is 80.7 Å². The van der Waals surface area contributed by atoms with Gasteiger partial charge in [-0.05, 0) is 44.9 Å². The lowest BCUT2D eigenvalue weighted by Crippen LogP contribution is -2.61. The zero-order chi connectivity index (χ0) is 46.6. The van der Waals surface area contributed by atoms with Gasteiger partial charge in [0.2, 0.25) is 0 Å². The monoisotopic (exact) mass is 917 g/mol. The Bertz CT molecular complexity index is 1160. The second kappa shape index (κ2) is 38.4. The van der Waals surface area contributed by atoms with Gasteiger partial charge in [0.25, 0.3) is 0 Å². The molecule has 0 bridgehead atoms. The Hall–Kier alpha value is -1.53. The highest BCUT2D eigenvalue weighted by atomic mass is 16.7. The van der Waals surface area contributed by atoms with Crippen LogP contribution in [0.2, 0.25) is 0 Å². The van der Waals surface area contributed by atoms with Gasteiger partial charge < -0.3 is 64.2 Å². The largest absolute Gasteiger partial charge is 0.457 e. The molecule has 2 heterocycles. The van der Waals surface area contributed by atoms with E-state index in [1.54, 1.807) is 0 Å². The number of aliphatic hydroxyl groups is 7. The zero-order valence-electron chi connectivity index (χ0n) is 39.8. The number of unbranched alkanes of at least 4 members (excludes halogenated alkanes) is 22. The molecule has 0 aliphatic carbocycles. The summed E-state index contributed by atoms with van der Waals surface area (Å²) in [6, 6.07) is 0. The molecule has 0 aromatic heterocycles. The molecule has 2 rings (SSSR count). The topological polar surface area (TPSA) is 214 Å². The number of ether oxygens (including phenoxy) is 6. The average Bonchev–Trinajstić information content (AvgIpc) is 3.29. The van der Waals surface area contributed by atoms with Crippen LogP contribution in [0.25, 0.3) is 0 Å². The van der Waals surface area contributed by atoms with E-state index in [1.807, 2.05) is 0 Å². The first kappa shape index (κ1) is 58.6. The Kier molecular flexibility index (Phi) is 35.2. The van der Waals surface area contributed by atoms with Crippen LogP contribution in [0.15, 0.2) is 24.3 Å². The van der Waals surface area contributed by atoms with E-state index in [1.165, 1.54) is 103 Å². The van der Waals surface area contributed by atoms with Crippen LogP contribution in [-0.4, -0.2) is 142 Å². The third-order valence-corrected chi connectivity index (χ3v) is 12.2. The van der Waals surface area contributed by atoms with Crippen molar-refractivity contribution in [3.05, 3.63) is 24.3 Å². The van der Waals surface area contributed by atoms with Gasteiger partial charge in [-0.1, -0.05) is 160 Å². The van der Waals surface area contributed by atoms with Gasteiger partial charge in [-0.25, -0.2) is 0 Å². The molecule has 14 nitrogen and oxygen atoms in total. The molecule has 376 valence electrons. The predicted octanol–water partition coefficient (Wildman–Crippen LogP) is 7.24. The average molecular weight is 917 g/mol. The molecule has 0 saturated carbocycles. The van der Waals surface area contributed by atoms with Crippen molar-refractivity contribution in [1.82, 2.24) is 0 Å². The third-order valence-electron chi connectivity index (χ3n) is 12.2. The van der Waals surface area contributed by atoms with Crippen molar-refractivity contribution in [3.63, 3.8) is 0 Å². The summed E-state index contributed by atoms with van der Waals surface area (Å²) in [5.74, 6) is -0.379. The van der Waals surface area contributed by atoms with E-state index >= 15 is 0 Å². The van der Waals surface area contributed by atoms with Gasteiger partial charge in [0, 0.05) is 13.0 Å². The SMILES string of the molecule is CCCCCC/C=C\C/C=C\CCCCCCCCOCC(COC1OC(COC2OC(CO)C(O)C(O)C2O)C(O)C(O)C1O)OC(=O)CCCCCCCCCCCCCCC. The molecule has 14 heteroatoms. The van der Waals surface area contributed by atoms with E-state index in [2.05, 4.69) is 38.2 Å². The molecular weight excluding hydrogens is 825 g/mol. The van der Waals surface area contributed by atoms with Crippen molar-refractivity contribution in [2.45, 2.75) is 255 Å². The Labute approximate surface area is 386 Å². The van der Waals surface area contributed by atoms with Crippen molar-refractivity contribution < 1.29 is 69.0 Å². The Morgan fingerprint density at radius 2 is 0.969 bits per heavy atom. The standard InChI is InChI=1S/C50H92O14/c1-3-5-7-9-11-13-15-17-18-19-20-22-24-26-28-30-32-34-59-36-39(62-42(52)33-31-29-27-25-23-21-16-14-12-10-8-6-4-2)37-60-49-48(58)46(56)44(54)41(64-49)38-61-50-47(57)45(55)43(53)40(35-51)63-50/h13,15,18-19,39-41,43-51,53-58H,3-12,14,16-17,20-38H2,1-2H3/b15-13-,19-18-. The lowest BCUT2D eigenvalue weighted by atomic mass is 9.98. The molecule has 7 N–H and O–H groups in total. The Balaban J connectivity index is 1.78. The number of hydrogen-bond donors (Lipinski definition) is 7. The van der Waals surface area contributed by atoms with Gasteiger partial charge in [0.1, 0.15) is 54.9 Å². The van der Waals surface area contributed by atoms with Crippen molar-refractivity contribution in [3.8, 4) is 0 Å². The van der Waals surface area contributed by atoms with Crippen LogP contribution in [0.4, 0.5) is 0 Å². The van der Waals surface area contributed by atoms with E-state index in [4.69, 9.17) is 28.4 Å². The molecule has 2 fully saturated rings. The molecule has 0 amide bonds. The lowest BCUT2D eigenvalue weighted by molar-refractivity contribution is -0.332. The minimum Gasteiger partial charge on any atom is -0.457 e. The van der Waals surface area contributed by atoms with Gasteiger partial charge >= 0.3 is 5.97 Å². The number of carbonyl (C=O) groups excluding carboxylic acids is 1. The van der Waals surface area contributed by atoms with Gasteiger partial charge in [0.05, 0.1) is 26.4 Å². The van der Waals surface area contributed by atoms with Crippen LogP contribution in [0.3, 0.4) is 0 Å². The summed E-state index contributed by atoms with van der Waals surface area (Å²) in [5, 5.41) is 72.1. The highest BCUT2D eigenvalue weighted by molar-refractivity contribution is 5.69. The molecule has 64 heavy (non-hydrogen) atoms. The van der Waals surface area contributed by atoms with Crippen LogP contribution in [0, 0.1) is 0 Å². The van der Waals surface area contributed by atoms with E-state index in [-0.39, 0.29) is 25.6 Å². The molecule has 11 atom stereocenters. The van der Waals surface area contributed by atoms with Crippen LogP contribution in [-0.2, 0) is 33.2 Å². The Morgan fingerprint density at radius 3 is 1.52 bits per heavy atom. The number of aliphatic hydroxyl groups excluding tert-OH is 7. The van der Waals surface area contributed by atoms with E-state index in [0.717, 1.165) is 57.8 Å². The van der Waals surface area contributed by atoms with Gasteiger partial charge in [-0.2, -0.15) is 0 Å². The maximum atomic E-state index is 13.0. The zero-order valence-corrected chi connectivity index (χ0v) is 39.8. The smallest absolute Gasteiger partial charge is 0.306 e. The molecular formula is C50H92O14. The summed E-state index contributed by atoms with van der Waals surface area (Å²) in [4.78, 5) is 13.0. The first-order valence-corrected chi connectivity index (χ1v) is 25.4. The molecule has 0 aromatic carbocycles. The molecule has 0 spiro atoms. The van der Waals surface area contributed by atoms with Crippen molar-refractivity contribution >= 4 is 5.97 Å². The fourth-order valence-electron chi connectivity index (χ4n) is 8.02. The molecule has 11 unspecified atom stereocenters. The lowest BCUT2D eigenvalue weighted by Gasteiger charge is -2.42. The maximum Gasteiger partial charge on any atom is 0.306 e. The fourth-order valence-corrected chi connectivity index (χ4v) is 8.02. The molecule has 2 aliphatic rings. The maximum absolute atomic E-state index is 13.0. The van der Waals surface area contributed by atoms with Crippen LogP contribution in [0.5, 0.6) is 0 Å². The van der Waals surface area contributed by atoms with Gasteiger partial charge in [0.15, 0.2) is 12.6 Å². The van der Waals surface area contributed by atoms with Gasteiger partial charge in [-0.15, -0.1) is 0 Å². The minimum atomic E-state index is -1.71. The predicted molar refractivity (Wildman–Crippen MR) is 247 cm³/mol. The fraction of sp³-hybridized carbons (Fsp3) is 0.900. The first-order chi connectivity index (χ1) is 31.1. The molecule has 2 aliphatic heterocycles. The summed E-state index contributed by atoms with van der Waals surface area (Å²) < 4.78 is 34.2. The first-order valence-electron chi connectivity index (χ1n) is 25.4.